The summed E-state index contributed by atoms with van der Waals surface area (Å²) in [6.45, 7) is 4.08. The summed E-state index contributed by atoms with van der Waals surface area (Å²) in [5, 5.41) is 0. The van der Waals surface area contributed by atoms with Gasteiger partial charge in [0, 0.05) is 9.61 Å². The highest BCUT2D eigenvalue weighted by Gasteiger charge is 2.42. The fourth-order valence-electron chi connectivity index (χ4n) is 3.51. The molecule has 0 heterocycles. The van der Waals surface area contributed by atoms with Crippen molar-refractivity contribution in [2.24, 2.45) is 11.8 Å². The fourth-order valence-corrected chi connectivity index (χ4v) is 5.24. The van der Waals surface area contributed by atoms with Crippen LogP contribution in [0, 0.1) is 15.4 Å². The molecule has 3 rings (SSSR count). The second-order valence-electron chi connectivity index (χ2n) is 5.86. The number of fused-ring (bicyclic) bond motifs is 2. The molecule has 20 heavy (non-hydrogen) atoms. The number of rotatable bonds is 3. The average Bonchev–Trinajstić information content (AvgIpc) is 2.62. The average molecular weight is 403 g/mol. The van der Waals surface area contributed by atoms with E-state index >= 15 is 0 Å². The zero-order valence-corrected chi connectivity index (χ0v) is 14.2. The second-order valence-corrected chi connectivity index (χ2v) is 8.82. The van der Waals surface area contributed by atoms with Gasteiger partial charge in [-0.1, -0.05) is 12.2 Å². The van der Waals surface area contributed by atoms with Crippen LogP contribution in [0.2, 0.25) is 0 Å². The minimum Gasteiger partial charge on any atom is -0.207 e. The molecule has 108 valence electrons. The summed E-state index contributed by atoms with van der Waals surface area (Å²) in [6.07, 6.45) is 4.17. The smallest absolute Gasteiger partial charge is 0.207 e. The first-order valence-electron chi connectivity index (χ1n) is 6.90. The van der Waals surface area contributed by atoms with Crippen molar-refractivity contribution < 1.29 is 8.42 Å². The van der Waals surface area contributed by atoms with Crippen LogP contribution in [0.25, 0.3) is 0 Å². The van der Waals surface area contributed by atoms with Gasteiger partial charge in [0.05, 0.1) is 4.90 Å². The van der Waals surface area contributed by atoms with Crippen molar-refractivity contribution >= 4 is 32.6 Å². The molecular weight excluding hydrogens is 385 g/mol. The summed E-state index contributed by atoms with van der Waals surface area (Å²) in [4.78, 5) is 0.363. The summed E-state index contributed by atoms with van der Waals surface area (Å²) in [5.41, 5.74) is 1.28. The van der Waals surface area contributed by atoms with Crippen LogP contribution in [0.4, 0.5) is 0 Å². The van der Waals surface area contributed by atoms with Crippen molar-refractivity contribution in [1.29, 1.82) is 0 Å². The van der Waals surface area contributed by atoms with Crippen LogP contribution >= 0.6 is 22.6 Å². The van der Waals surface area contributed by atoms with E-state index in [4.69, 9.17) is 0 Å². The monoisotopic (exact) mass is 403 g/mol. The normalized spacial score (nSPS) is 29.6. The zero-order chi connectivity index (χ0) is 14.3. The number of nitrogens with one attached hydrogen (secondary N) is 1. The second kappa shape index (κ2) is 5.42. The number of benzene rings is 1. The maximum atomic E-state index is 12.5. The summed E-state index contributed by atoms with van der Waals surface area (Å²) in [7, 11) is -3.40. The molecule has 0 amide bonds. The summed E-state index contributed by atoms with van der Waals surface area (Å²) in [5.74, 6) is 0.861. The Labute approximate surface area is 134 Å². The molecule has 3 nitrogen and oxygen atoms in total. The van der Waals surface area contributed by atoms with Crippen molar-refractivity contribution in [3.63, 3.8) is 0 Å². The molecule has 0 aromatic heterocycles. The van der Waals surface area contributed by atoms with Crippen LogP contribution < -0.4 is 4.72 Å². The van der Waals surface area contributed by atoms with Gasteiger partial charge in [-0.2, -0.15) is 0 Å². The summed E-state index contributed by atoms with van der Waals surface area (Å²) >= 11 is 2.17. The number of hydrogen-bond donors (Lipinski definition) is 1. The lowest BCUT2D eigenvalue weighted by atomic mass is 9.82. The minimum atomic E-state index is -3.40. The highest BCUT2D eigenvalue weighted by molar-refractivity contribution is 14.1. The van der Waals surface area contributed by atoms with E-state index in [2.05, 4.69) is 33.9 Å². The van der Waals surface area contributed by atoms with E-state index in [1.807, 2.05) is 12.1 Å². The Morgan fingerprint density at radius 3 is 2.20 bits per heavy atom. The van der Waals surface area contributed by atoms with Crippen LogP contribution in [0.5, 0.6) is 0 Å². The Balaban J connectivity index is 1.80. The van der Waals surface area contributed by atoms with E-state index in [0.717, 1.165) is 29.3 Å². The fraction of sp³-hybridized carbons (Fsp3) is 0.467. The number of sulfonamides is 1. The van der Waals surface area contributed by atoms with Crippen LogP contribution in [0.1, 0.15) is 25.7 Å². The van der Waals surface area contributed by atoms with Crippen molar-refractivity contribution in [2.45, 2.75) is 36.6 Å². The van der Waals surface area contributed by atoms with Crippen molar-refractivity contribution in [1.82, 2.24) is 4.72 Å². The van der Waals surface area contributed by atoms with E-state index in [9.17, 15) is 8.42 Å². The van der Waals surface area contributed by atoms with Crippen LogP contribution in [0.15, 0.2) is 41.3 Å². The maximum absolute atomic E-state index is 12.5. The molecule has 1 aromatic carbocycles. The molecule has 2 bridgehead atoms. The molecule has 0 spiro atoms. The molecule has 2 atom stereocenters. The van der Waals surface area contributed by atoms with E-state index in [-0.39, 0.29) is 6.04 Å². The third-order valence-electron chi connectivity index (χ3n) is 4.44. The predicted molar refractivity (Wildman–Crippen MR) is 87.9 cm³/mol. The minimum absolute atomic E-state index is 0.0878. The largest absolute Gasteiger partial charge is 0.240 e. The van der Waals surface area contributed by atoms with Gasteiger partial charge in [-0.15, -0.1) is 0 Å². The Morgan fingerprint density at radius 2 is 1.65 bits per heavy atom. The van der Waals surface area contributed by atoms with Gasteiger partial charge in [-0.25, -0.2) is 13.1 Å². The van der Waals surface area contributed by atoms with Crippen LogP contribution in [0.3, 0.4) is 0 Å². The van der Waals surface area contributed by atoms with E-state index in [1.165, 1.54) is 5.57 Å². The zero-order valence-electron chi connectivity index (χ0n) is 11.2. The van der Waals surface area contributed by atoms with Crippen LogP contribution in [-0.4, -0.2) is 14.5 Å². The first-order valence-corrected chi connectivity index (χ1v) is 9.46. The van der Waals surface area contributed by atoms with Gasteiger partial charge in [-0.3, -0.25) is 0 Å². The van der Waals surface area contributed by atoms with E-state index < -0.39 is 10.0 Å². The molecule has 5 heteroatoms. The van der Waals surface area contributed by atoms with Gasteiger partial charge in [-0.05, 0) is 84.4 Å². The van der Waals surface area contributed by atoms with Gasteiger partial charge in [0.25, 0.3) is 0 Å². The van der Waals surface area contributed by atoms with E-state index in [1.54, 1.807) is 12.1 Å². The van der Waals surface area contributed by atoms with Crippen molar-refractivity contribution in [3.05, 3.63) is 40.0 Å². The molecular formula is C15H18INO2S. The molecule has 2 unspecified atom stereocenters. The standard InChI is InChI=1S/C15H18INO2S/c1-10-8-11-2-3-12(9-10)15(11)17-20(18,19)14-6-4-13(16)5-7-14/h4-7,11-12,15,17H,1-3,8-9H2. The van der Waals surface area contributed by atoms with Crippen molar-refractivity contribution in [2.75, 3.05) is 0 Å². The van der Waals surface area contributed by atoms with Gasteiger partial charge in [0.2, 0.25) is 10.0 Å². The van der Waals surface area contributed by atoms with Gasteiger partial charge >= 0.3 is 0 Å². The Bertz CT molecular complexity index is 608. The molecule has 1 aromatic rings. The Kier molecular flexibility index (Phi) is 3.94. The molecule has 0 saturated heterocycles. The molecule has 2 aliphatic carbocycles. The Morgan fingerprint density at radius 1 is 1.10 bits per heavy atom. The molecule has 0 radical (unpaired) electrons. The third kappa shape index (κ3) is 2.80. The number of halogens is 1. The number of allylic oxidation sites excluding steroid dienone is 1. The SMILES string of the molecule is C=C1CC2CCC(C1)C2NS(=O)(=O)c1ccc(I)cc1. The van der Waals surface area contributed by atoms with Crippen molar-refractivity contribution in [3.8, 4) is 0 Å². The highest BCUT2D eigenvalue weighted by Crippen LogP contribution is 2.44. The summed E-state index contributed by atoms with van der Waals surface area (Å²) in [6, 6.07) is 7.09. The maximum Gasteiger partial charge on any atom is 0.240 e. The molecule has 2 aliphatic rings. The Hall–Kier alpha value is -0.400. The predicted octanol–water partition coefficient (Wildman–Crippen LogP) is 3.31. The summed E-state index contributed by atoms with van der Waals surface area (Å²) < 4.78 is 28.9. The van der Waals surface area contributed by atoms with Crippen LogP contribution in [-0.2, 0) is 10.0 Å². The van der Waals surface area contributed by atoms with Gasteiger partial charge in [0.1, 0.15) is 0 Å². The highest BCUT2D eigenvalue weighted by atomic mass is 127. The lowest BCUT2D eigenvalue weighted by Crippen LogP contribution is -2.43. The topological polar surface area (TPSA) is 46.2 Å². The molecule has 2 fully saturated rings. The van der Waals surface area contributed by atoms with Gasteiger partial charge in [0.15, 0.2) is 0 Å². The van der Waals surface area contributed by atoms with E-state index in [0.29, 0.717) is 16.7 Å². The first kappa shape index (κ1) is 14.5. The lowest BCUT2D eigenvalue weighted by Gasteiger charge is -2.31. The third-order valence-corrected chi connectivity index (χ3v) is 6.64. The molecule has 2 saturated carbocycles. The first-order chi connectivity index (χ1) is 9.45. The quantitative estimate of drug-likeness (QED) is 0.622. The lowest BCUT2D eigenvalue weighted by molar-refractivity contribution is 0.332. The number of hydrogen-bond acceptors (Lipinski definition) is 2. The molecule has 0 aliphatic heterocycles. The van der Waals surface area contributed by atoms with Gasteiger partial charge < -0.3 is 0 Å². The molecule has 1 N–H and O–H groups in total.